The van der Waals surface area contributed by atoms with Crippen LogP contribution >= 0.6 is 34.8 Å². The third-order valence-electron chi connectivity index (χ3n) is 2.88. The molecule has 25 heavy (non-hydrogen) atoms. The number of amides is 1. The monoisotopic (exact) mass is 402 g/mol. The lowest BCUT2D eigenvalue weighted by Gasteiger charge is -2.14. The number of hydrogen-bond donors (Lipinski definition) is 1. The number of carbonyl (C=O) groups excluding carboxylic acids is 2. The van der Waals surface area contributed by atoms with Crippen molar-refractivity contribution in [3.05, 3.63) is 51.6 Å². The number of rotatable bonds is 6. The molecule has 2 rings (SSSR count). The predicted octanol–water partition coefficient (Wildman–Crippen LogP) is 3.99. The summed E-state index contributed by atoms with van der Waals surface area (Å²) in [5.41, 5.74) is 0. The van der Waals surface area contributed by atoms with Gasteiger partial charge in [-0.25, -0.2) is 9.78 Å². The number of carbonyl (C=O) groups is 2. The van der Waals surface area contributed by atoms with E-state index in [4.69, 9.17) is 44.3 Å². The maximum atomic E-state index is 12.0. The molecular weight excluding hydrogens is 391 g/mol. The summed E-state index contributed by atoms with van der Waals surface area (Å²) >= 11 is 17.5. The molecule has 6 nitrogen and oxygen atoms in total. The normalized spacial score (nSPS) is 11.5. The van der Waals surface area contributed by atoms with Gasteiger partial charge in [-0.05, 0) is 31.2 Å². The zero-order valence-electron chi connectivity index (χ0n) is 13.0. The lowest BCUT2D eigenvalue weighted by atomic mass is 10.3. The van der Waals surface area contributed by atoms with Crippen molar-refractivity contribution in [2.24, 2.45) is 0 Å². The largest absolute Gasteiger partial charge is 0.482 e. The molecular formula is C16H13Cl3N2O4. The highest BCUT2D eigenvalue weighted by molar-refractivity contribution is 6.36. The van der Waals surface area contributed by atoms with Crippen molar-refractivity contribution in [2.45, 2.75) is 13.0 Å². The Labute approximate surface area is 159 Å². The molecule has 0 bridgehead atoms. The molecule has 132 valence electrons. The first kappa shape index (κ1) is 19.3. The van der Waals surface area contributed by atoms with Crippen LogP contribution in [-0.2, 0) is 14.3 Å². The Morgan fingerprint density at radius 2 is 1.96 bits per heavy atom. The maximum Gasteiger partial charge on any atom is 0.344 e. The second-order valence-corrected chi connectivity index (χ2v) is 6.13. The molecule has 9 heteroatoms. The molecule has 1 amide bonds. The van der Waals surface area contributed by atoms with E-state index in [-0.39, 0.29) is 17.4 Å². The fourth-order valence-corrected chi connectivity index (χ4v) is 2.32. The minimum atomic E-state index is -1.07. The SMILES string of the molecule is C[C@H](OC(=O)COc1cccc(Cl)c1)C(=O)Nc1ncc(Cl)cc1Cl. The van der Waals surface area contributed by atoms with Crippen LogP contribution in [0, 0.1) is 0 Å². The summed E-state index contributed by atoms with van der Waals surface area (Å²) < 4.78 is 10.2. The van der Waals surface area contributed by atoms with E-state index in [1.165, 1.54) is 19.2 Å². The number of aromatic nitrogens is 1. The Morgan fingerprint density at radius 1 is 1.20 bits per heavy atom. The van der Waals surface area contributed by atoms with Crippen LogP contribution in [0.3, 0.4) is 0 Å². The molecule has 0 aliphatic heterocycles. The van der Waals surface area contributed by atoms with Crippen molar-refractivity contribution in [3.63, 3.8) is 0 Å². The van der Waals surface area contributed by atoms with Crippen LogP contribution in [0.2, 0.25) is 15.1 Å². The molecule has 1 N–H and O–H groups in total. The van der Waals surface area contributed by atoms with Gasteiger partial charge in [0.2, 0.25) is 0 Å². The van der Waals surface area contributed by atoms with E-state index >= 15 is 0 Å². The number of pyridine rings is 1. The highest BCUT2D eigenvalue weighted by Crippen LogP contribution is 2.22. The highest BCUT2D eigenvalue weighted by Gasteiger charge is 2.19. The molecule has 1 aromatic heterocycles. The Kier molecular flexibility index (Phi) is 6.87. The molecule has 0 unspecified atom stereocenters. The summed E-state index contributed by atoms with van der Waals surface area (Å²) in [6, 6.07) is 7.99. The fraction of sp³-hybridized carbons (Fsp3) is 0.188. The van der Waals surface area contributed by atoms with Gasteiger partial charge in [-0.2, -0.15) is 0 Å². The summed E-state index contributed by atoms with van der Waals surface area (Å²) in [7, 11) is 0. The number of halogens is 3. The van der Waals surface area contributed by atoms with Gasteiger partial charge in [0.25, 0.3) is 5.91 Å². The van der Waals surface area contributed by atoms with E-state index in [2.05, 4.69) is 10.3 Å². The molecule has 1 aromatic carbocycles. The van der Waals surface area contributed by atoms with Crippen molar-refractivity contribution in [2.75, 3.05) is 11.9 Å². The van der Waals surface area contributed by atoms with Crippen LogP contribution in [0.4, 0.5) is 5.82 Å². The van der Waals surface area contributed by atoms with E-state index in [0.717, 1.165) is 0 Å². The third kappa shape index (κ3) is 6.08. The lowest BCUT2D eigenvalue weighted by Crippen LogP contribution is -2.32. The molecule has 0 radical (unpaired) electrons. The van der Waals surface area contributed by atoms with Gasteiger partial charge in [-0.1, -0.05) is 40.9 Å². The van der Waals surface area contributed by atoms with Crippen molar-refractivity contribution in [3.8, 4) is 5.75 Å². The predicted molar refractivity (Wildman–Crippen MR) is 95.4 cm³/mol. The Bertz CT molecular complexity index is 786. The first-order chi connectivity index (χ1) is 11.8. The second kappa shape index (κ2) is 8.89. The maximum absolute atomic E-state index is 12.0. The van der Waals surface area contributed by atoms with Gasteiger partial charge in [0.15, 0.2) is 18.5 Å². The van der Waals surface area contributed by atoms with Crippen molar-refractivity contribution in [1.29, 1.82) is 0 Å². The second-order valence-electron chi connectivity index (χ2n) is 4.85. The van der Waals surface area contributed by atoms with Crippen molar-refractivity contribution in [1.82, 2.24) is 4.98 Å². The van der Waals surface area contributed by atoms with Crippen LogP contribution < -0.4 is 10.1 Å². The average molecular weight is 404 g/mol. The van der Waals surface area contributed by atoms with Gasteiger partial charge in [0.1, 0.15) is 5.75 Å². The van der Waals surface area contributed by atoms with Gasteiger partial charge in [0, 0.05) is 11.2 Å². The smallest absolute Gasteiger partial charge is 0.344 e. The van der Waals surface area contributed by atoms with E-state index in [0.29, 0.717) is 15.8 Å². The molecule has 2 aromatic rings. The number of benzene rings is 1. The Hall–Kier alpha value is -2.02. The first-order valence-corrected chi connectivity index (χ1v) is 8.18. The third-order valence-corrected chi connectivity index (χ3v) is 3.61. The van der Waals surface area contributed by atoms with Crippen molar-refractivity contribution >= 4 is 52.5 Å². The van der Waals surface area contributed by atoms with Gasteiger partial charge in [-0.15, -0.1) is 0 Å². The number of nitrogens with zero attached hydrogens (tertiary/aromatic N) is 1. The number of nitrogens with one attached hydrogen (secondary N) is 1. The Morgan fingerprint density at radius 3 is 2.64 bits per heavy atom. The highest BCUT2D eigenvalue weighted by atomic mass is 35.5. The van der Waals surface area contributed by atoms with E-state index in [1.807, 2.05) is 0 Å². The number of ether oxygens (including phenoxy) is 2. The van der Waals surface area contributed by atoms with Gasteiger partial charge >= 0.3 is 5.97 Å². The van der Waals surface area contributed by atoms with Crippen LogP contribution in [0.1, 0.15) is 6.92 Å². The van der Waals surface area contributed by atoms with E-state index < -0.39 is 18.0 Å². The molecule has 0 saturated heterocycles. The fourth-order valence-electron chi connectivity index (χ4n) is 1.71. The molecule has 0 fully saturated rings. The minimum absolute atomic E-state index is 0.120. The molecule has 0 aliphatic carbocycles. The summed E-state index contributed by atoms with van der Waals surface area (Å²) in [6.45, 7) is 1.05. The summed E-state index contributed by atoms with van der Waals surface area (Å²) in [5.74, 6) is -0.765. The summed E-state index contributed by atoms with van der Waals surface area (Å²) in [6.07, 6.45) is 0.266. The zero-order chi connectivity index (χ0) is 18.4. The minimum Gasteiger partial charge on any atom is -0.482 e. The summed E-state index contributed by atoms with van der Waals surface area (Å²) in [4.78, 5) is 27.7. The molecule has 0 spiro atoms. The summed E-state index contributed by atoms with van der Waals surface area (Å²) in [5, 5.41) is 3.43. The molecule has 1 heterocycles. The number of anilines is 1. The van der Waals surface area contributed by atoms with Crippen LogP contribution in [0.5, 0.6) is 5.75 Å². The van der Waals surface area contributed by atoms with Crippen LogP contribution in [0.25, 0.3) is 0 Å². The molecule has 1 atom stereocenters. The molecule has 0 aliphatic rings. The first-order valence-electron chi connectivity index (χ1n) is 7.05. The number of esters is 1. The standard InChI is InChI=1S/C16H13Cl3N2O4/c1-9(16(23)21-15-13(19)6-11(18)7-20-15)25-14(22)8-24-12-4-2-3-10(17)5-12/h2-7,9H,8H2,1H3,(H,20,21,23)/t9-/m0/s1. The zero-order valence-corrected chi connectivity index (χ0v) is 15.2. The van der Waals surface area contributed by atoms with Gasteiger partial charge < -0.3 is 14.8 Å². The topological polar surface area (TPSA) is 77.5 Å². The van der Waals surface area contributed by atoms with Crippen LogP contribution in [0.15, 0.2) is 36.5 Å². The number of hydrogen-bond acceptors (Lipinski definition) is 5. The Balaban J connectivity index is 1.84. The van der Waals surface area contributed by atoms with E-state index in [1.54, 1.807) is 24.3 Å². The van der Waals surface area contributed by atoms with Gasteiger partial charge in [0.05, 0.1) is 10.0 Å². The van der Waals surface area contributed by atoms with Crippen molar-refractivity contribution < 1.29 is 19.1 Å². The average Bonchev–Trinajstić information content (AvgIpc) is 2.55. The van der Waals surface area contributed by atoms with Crippen LogP contribution in [-0.4, -0.2) is 29.6 Å². The molecule has 0 saturated carbocycles. The quantitative estimate of drug-likeness (QED) is 0.738. The lowest BCUT2D eigenvalue weighted by molar-refractivity contribution is -0.155. The van der Waals surface area contributed by atoms with Gasteiger partial charge in [-0.3, -0.25) is 4.79 Å². The van der Waals surface area contributed by atoms with E-state index in [9.17, 15) is 9.59 Å².